The van der Waals surface area contributed by atoms with Gasteiger partial charge in [-0.15, -0.1) is 0 Å². The molecule has 156 valence electrons. The van der Waals surface area contributed by atoms with Gasteiger partial charge in [-0.2, -0.15) is 0 Å². The Hall–Kier alpha value is -2.34. The zero-order valence-corrected chi connectivity index (χ0v) is 17.2. The fourth-order valence-electron chi connectivity index (χ4n) is 4.79. The summed E-state index contributed by atoms with van der Waals surface area (Å²) in [4.78, 5) is 26.9. The van der Waals surface area contributed by atoms with Crippen LogP contribution >= 0.6 is 0 Å². The quantitative estimate of drug-likeness (QED) is 0.749. The normalized spacial score (nSPS) is 27.4. The fraction of sp³-hybridized carbons (Fsp3) is 0.565. The third-order valence-electron chi connectivity index (χ3n) is 6.31. The van der Waals surface area contributed by atoms with E-state index in [2.05, 4.69) is 24.1 Å². The molecule has 3 aliphatic rings. The molecule has 1 aliphatic carbocycles. The summed E-state index contributed by atoms with van der Waals surface area (Å²) in [5.74, 6) is 0.611. The zero-order chi connectivity index (χ0) is 20.4. The summed E-state index contributed by atoms with van der Waals surface area (Å²) in [5, 5.41) is 6.36. The first-order valence-corrected chi connectivity index (χ1v) is 10.9. The number of hydrogen-bond acceptors (Lipinski definition) is 4. The van der Waals surface area contributed by atoms with Gasteiger partial charge in [0, 0.05) is 23.8 Å². The van der Waals surface area contributed by atoms with Gasteiger partial charge in [0.15, 0.2) is 0 Å². The number of fused-ring (bicyclic) bond motifs is 1. The molecule has 1 aromatic carbocycles. The van der Waals surface area contributed by atoms with Crippen LogP contribution in [0, 0.1) is 0 Å². The number of nitrogens with one attached hydrogen (secondary N) is 2. The molecule has 1 unspecified atom stereocenters. The van der Waals surface area contributed by atoms with Crippen LogP contribution in [0.1, 0.15) is 67.8 Å². The van der Waals surface area contributed by atoms with E-state index in [-0.39, 0.29) is 17.9 Å². The van der Waals surface area contributed by atoms with Crippen LogP contribution in [0.2, 0.25) is 0 Å². The minimum Gasteiger partial charge on any atom is -0.489 e. The van der Waals surface area contributed by atoms with Crippen molar-refractivity contribution in [1.29, 1.82) is 0 Å². The van der Waals surface area contributed by atoms with Gasteiger partial charge in [-0.1, -0.05) is 26.3 Å². The summed E-state index contributed by atoms with van der Waals surface area (Å²) in [6.45, 7) is 7.35. The number of ether oxygens (including phenoxy) is 1. The number of carbonyl (C=O) groups excluding carboxylic acids is 2. The fourth-order valence-corrected chi connectivity index (χ4v) is 4.79. The minimum atomic E-state index is -0.426. The Bertz CT molecular complexity index is 807. The molecular weight excluding hydrogens is 366 g/mol. The molecule has 1 aromatic rings. The number of nitrogens with zero attached hydrogens (tertiary/aromatic N) is 1. The lowest BCUT2D eigenvalue weighted by molar-refractivity contribution is -0.126. The van der Waals surface area contributed by atoms with Crippen molar-refractivity contribution >= 4 is 11.8 Å². The predicted octanol–water partition coefficient (Wildman–Crippen LogP) is 3.12. The molecule has 2 aliphatic heterocycles. The lowest BCUT2D eigenvalue weighted by Gasteiger charge is -2.30. The molecule has 4 rings (SSSR count). The molecule has 6 heteroatoms. The largest absolute Gasteiger partial charge is 0.489 e. The number of likely N-dealkylation sites (N-methyl/N-ethyl adjacent to an activating group) is 1. The standard InChI is InChI=1S/C23H31N3O3/c1-3-24-19-7-5-4-6-8-21(19)29-17-10-11-18-16(13-17)14-26(23(18)28)20-12-9-15(2)25-22(20)27/h10-11,13,19-21,24H,2-9,12,14H2,1H3,(H,25,27)/t19-,20?,21-/m1/s1. The monoisotopic (exact) mass is 397 g/mol. The number of amides is 2. The topological polar surface area (TPSA) is 70.7 Å². The van der Waals surface area contributed by atoms with Crippen LogP contribution in [-0.4, -0.2) is 41.4 Å². The first kappa shape index (κ1) is 20.0. The molecule has 6 nitrogen and oxygen atoms in total. The summed E-state index contributed by atoms with van der Waals surface area (Å²) in [5.41, 5.74) is 2.35. The Morgan fingerprint density at radius 1 is 1.21 bits per heavy atom. The van der Waals surface area contributed by atoms with Crippen molar-refractivity contribution in [2.24, 2.45) is 0 Å². The zero-order valence-electron chi connectivity index (χ0n) is 17.2. The second-order valence-corrected chi connectivity index (χ2v) is 8.36. The minimum absolute atomic E-state index is 0.0702. The molecule has 2 heterocycles. The molecule has 2 amide bonds. The number of allylic oxidation sites excluding steroid dienone is 1. The summed E-state index contributed by atoms with van der Waals surface area (Å²) >= 11 is 0. The molecule has 0 radical (unpaired) electrons. The first-order chi connectivity index (χ1) is 14.1. The predicted molar refractivity (Wildman–Crippen MR) is 112 cm³/mol. The van der Waals surface area contributed by atoms with E-state index in [9.17, 15) is 9.59 Å². The Morgan fingerprint density at radius 3 is 2.83 bits per heavy atom. The van der Waals surface area contributed by atoms with E-state index in [1.807, 2.05) is 18.2 Å². The van der Waals surface area contributed by atoms with Gasteiger partial charge in [-0.05, 0) is 62.4 Å². The molecule has 3 atom stereocenters. The van der Waals surface area contributed by atoms with Gasteiger partial charge in [-0.3, -0.25) is 9.59 Å². The van der Waals surface area contributed by atoms with Gasteiger partial charge in [0.05, 0.1) is 0 Å². The lowest BCUT2D eigenvalue weighted by Crippen LogP contribution is -2.49. The van der Waals surface area contributed by atoms with Crippen LogP contribution in [0.15, 0.2) is 30.5 Å². The Balaban J connectivity index is 1.48. The number of rotatable bonds is 5. The van der Waals surface area contributed by atoms with Crippen molar-refractivity contribution < 1.29 is 14.3 Å². The molecule has 0 bridgehead atoms. The van der Waals surface area contributed by atoms with Crippen molar-refractivity contribution in [1.82, 2.24) is 15.5 Å². The van der Waals surface area contributed by atoms with Crippen LogP contribution < -0.4 is 15.4 Å². The summed E-state index contributed by atoms with van der Waals surface area (Å²) < 4.78 is 6.39. The van der Waals surface area contributed by atoms with Crippen molar-refractivity contribution in [3.05, 3.63) is 41.6 Å². The highest BCUT2D eigenvalue weighted by molar-refractivity contribution is 6.01. The van der Waals surface area contributed by atoms with Crippen LogP contribution in [0.4, 0.5) is 0 Å². The van der Waals surface area contributed by atoms with Gasteiger partial charge in [-0.25, -0.2) is 0 Å². The van der Waals surface area contributed by atoms with Gasteiger partial charge >= 0.3 is 0 Å². The van der Waals surface area contributed by atoms with Gasteiger partial charge in [0.2, 0.25) is 5.91 Å². The molecule has 2 fully saturated rings. The van der Waals surface area contributed by atoms with E-state index in [0.29, 0.717) is 31.0 Å². The number of hydrogen-bond donors (Lipinski definition) is 2. The molecule has 0 spiro atoms. The van der Waals surface area contributed by atoms with E-state index in [0.717, 1.165) is 36.4 Å². The Labute approximate surface area is 172 Å². The van der Waals surface area contributed by atoms with Gasteiger partial charge in [0.1, 0.15) is 17.9 Å². The molecule has 29 heavy (non-hydrogen) atoms. The molecule has 1 saturated carbocycles. The molecule has 1 saturated heterocycles. The Kier molecular flexibility index (Phi) is 5.90. The summed E-state index contributed by atoms with van der Waals surface area (Å²) in [6, 6.07) is 5.68. The maximum atomic E-state index is 12.9. The number of carbonyl (C=O) groups is 2. The first-order valence-electron chi connectivity index (χ1n) is 10.9. The average molecular weight is 398 g/mol. The third kappa shape index (κ3) is 4.17. The number of piperidine rings is 1. The van der Waals surface area contributed by atoms with Gasteiger partial charge in [0.25, 0.3) is 5.91 Å². The van der Waals surface area contributed by atoms with E-state index >= 15 is 0 Å². The van der Waals surface area contributed by atoms with Crippen LogP contribution in [0.25, 0.3) is 0 Å². The lowest BCUT2D eigenvalue weighted by atomic mass is 10.0. The van der Waals surface area contributed by atoms with Crippen molar-refractivity contribution in [2.75, 3.05) is 6.54 Å². The average Bonchev–Trinajstić information content (AvgIpc) is 2.86. The van der Waals surface area contributed by atoms with E-state index < -0.39 is 6.04 Å². The maximum absolute atomic E-state index is 12.9. The maximum Gasteiger partial charge on any atom is 0.255 e. The highest BCUT2D eigenvalue weighted by atomic mass is 16.5. The van der Waals surface area contributed by atoms with Crippen molar-refractivity contribution in [2.45, 2.75) is 76.6 Å². The van der Waals surface area contributed by atoms with Crippen molar-refractivity contribution in [3.8, 4) is 5.75 Å². The summed E-state index contributed by atoms with van der Waals surface area (Å²) in [6.07, 6.45) is 7.35. The molecular formula is C23H31N3O3. The second-order valence-electron chi connectivity index (χ2n) is 8.36. The molecule has 0 aromatic heterocycles. The SMILES string of the molecule is C=C1CCC(N2Cc3cc(O[C@@H]4CCCCC[C@H]4NCC)ccc3C2=O)C(=O)N1. The Morgan fingerprint density at radius 2 is 2.03 bits per heavy atom. The second kappa shape index (κ2) is 8.57. The highest BCUT2D eigenvalue weighted by Gasteiger charge is 2.38. The third-order valence-corrected chi connectivity index (χ3v) is 6.31. The van der Waals surface area contributed by atoms with Crippen molar-refractivity contribution in [3.63, 3.8) is 0 Å². The van der Waals surface area contributed by atoms with Crippen LogP contribution in [-0.2, 0) is 11.3 Å². The van der Waals surface area contributed by atoms with E-state index in [1.165, 1.54) is 19.3 Å². The van der Waals surface area contributed by atoms with Crippen LogP contribution in [0.3, 0.4) is 0 Å². The number of benzene rings is 1. The molecule has 2 N–H and O–H groups in total. The smallest absolute Gasteiger partial charge is 0.255 e. The van der Waals surface area contributed by atoms with Crippen LogP contribution in [0.5, 0.6) is 5.75 Å². The van der Waals surface area contributed by atoms with Gasteiger partial charge < -0.3 is 20.3 Å². The van der Waals surface area contributed by atoms with E-state index in [1.54, 1.807) is 4.90 Å². The highest BCUT2D eigenvalue weighted by Crippen LogP contribution is 2.32. The van der Waals surface area contributed by atoms with E-state index in [4.69, 9.17) is 4.74 Å². The summed E-state index contributed by atoms with van der Waals surface area (Å²) in [7, 11) is 0.